The summed E-state index contributed by atoms with van der Waals surface area (Å²) in [5.41, 5.74) is 3.66. The number of carbonyl (C=O) groups excluding carboxylic acids is 1. The third-order valence-corrected chi connectivity index (χ3v) is 4.01. The first kappa shape index (κ1) is 15.7. The molecule has 1 fully saturated rings. The fourth-order valence-corrected chi connectivity index (χ4v) is 2.66. The molecule has 1 aromatic carbocycles. The molecule has 1 saturated carbocycles. The van der Waals surface area contributed by atoms with Crippen molar-refractivity contribution < 1.29 is 4.79 Å². The van der Waals surface area contributed by atoms with E-state index in [4.69, 9.17) is 0 Å². The average Bonchev–Trinajstić information content (AvgIpc) is 3.36. The zero-order valence-electron chi connectivity index (χ0n) is 13.7. The van der Waals surface area contributed by atoms with Crippen molar-refractivity contribution in [2.75, 3.05) is 20.6 Å². The third kappa shape index (κ3) is 4.17. The van der Waals surface area contributed by atoms with E-state index in [9.17, 15) is 4.79 Å². The number of nitrogens with zero attached hydrogens (tertiary/aromatic N) is 2. The number of hydrogen-bond acceptors (Lipinski definition) is 3. The Bertz CT molecular complexity index is 693. The molecule has 1 aromatic heterocycles. The molecule has 1 N–H and O–H groups in total. The molecule has 0 unspecified atom stereocenters. The van der Waals surface area contributed by atoms with Crippen molar-refractivity contribution in [1.29, 1.82) is 0 Å². The Labute approximate surface area is 137 Å². The van der Waals surface area contributed by atoms with Crippen LogP contribution >= 0.6 is 0 Å². The largest absolute Gasteiger partial charge is 0.350 e. The van der Waals surface area contributed by atoms with E-state index in [1.54, 1.807) is 6.20 Å². The molecule has 4 heteroatoms. The van der Waals surface area contributed by atoms with Crippen molar-refractivity contribution >= 4 is 5.91 Å². The molecular formula is C19H23N3O. The highest BCUT2D eigenvalue weighted by Crippen LogP contribution is 2.28. The summed E-state index contributed by atoms with van der Waals surface area (Å²) in [6.07, 6.45) is 4.13. The lowest BCUT2D eigenvalue weighted by Crippen LogP contribution is -2.27. The van der Waals surface area contributed by atoms with Crippen molar-refractivity contribution in [3.05, 3.63) is 53.9 Å². The summed E-state index contributed by atoms with van der Waals surface area (Å²) in [4.78, 5) is 18.9. The Hall–Kier alpha value is -2.20. The van der Waals surface area contributed by atoms with Gasteiger partial charge in [-0.2, -0.15) is 0 Å². The van der Waals surface area contributed by atoms with Crippen LogP contribution < -0.4 is 5.32 Å². The molecule has 0 saturated heterocycles. The van der Waals surface area contributed by atoms with E-state index in [0.29, 0.717) is 11.6 Å². The summed E-state index contributed by atoms with van der Waals surface area (Å²) in [5.74, 6) is 0.583. The maximum absolute atomic E-state index is 12.5. The molecular weight excluding hydrogens is 286 g/mol. The fourth-order valence-electron chi connectivity index (χ4n) is 2.66. The van der Waals surface area contributed by atoms with Crippen LogP contribution in [-0.4, -0.2) is 36.4 Å². The van der Waals surface area contributed by atoms with Crippen LogP contribution in [0.3, 0.4) is 0 Å². The van der Waals surface area contributed by atoms with Gasteiger partial charge in [-0.25, -0.2) is 0 Å². The molecule has 2 aromatic rings. The SMILES string of the molecule is CN(C)Cc1cccc(-c2cccnc2C(=O)NCC2CC2)c1. The van der Waals surface area contributed by atoms with Gasteiger partial charge in [0.25, 0.3) is 5.91 Å². The Balaban J connectivity index is 1.85. The first-order chi connectivity index (χ1) is 11.1. The van der Waals surface area contributed by atoms with Gasteiger partial charge in [-0.3, -0.25) is 9.78 Å². The number of pyridine rings is 1. The number of rotatable bonds is 6. The van der Waals surface area contributed by atoms with Crippen molar-refractivity contribution in [2.24, 2.45) is 5.92 Å². The normalized spacial score (nSPS) is 14.0. The lowest BCUT2D eigenvalue weighted by molar-refractivity contribution is 0.0947. The monoisotopic (exact) mass is 309 g/mol. The molecule has 120 valence electrons. The number of carbonyl (C=O) groups is 1. The van der Waals surface area contributed by atoms with E-state index < -0.39 is 0 Å². The highest BCUT2D eigenvalue weighted by molar-refractivity contribution is 5.98. The van der Waals surface area contributed by atoms with Gasteiger partial charge in [0.15, 0.2) is 0 Å². The van der Waals surface area contributed by atoms with E-state index in [0.717, 1.165) is 24.2 Å². The molecule has 0 radical (unpaired) electrons. The average molecular weight is 309 g/mol. The molecule has 3 rings (SSSR count). The fraction of sp³-hybridized carbons (Fsp3) is 0.368. The number of amides is 1. The van der Waals surface area contributed by atoms with Crippen LogP contribution in [0.5, 0.6) is 0 Å². The molecule has 23 heavy (non-hydrogen) atoms. The second-order valence-corrected chi connectivity index (χ2v) is 6.49. The van der Waals surface area contributed by atoms with Gasteiger partial charge >= 0.3 is 0 Å². The molecule has 0 bridgehead atoms. The van der Waals surface area contributed by atoms with Crippen LogP contribution in [0.25, 0.3) is 11.1 Å². The van der Waals surface area contributed by atoms with Crippen LogP contribution in [0.15, 0.2) is 42.6 Å². The van der Waals surface area contributed by atoms with Crippen LogP contribution in [0.4, 0.5) is 0 Å². The zero-order chi connectivity index (χ0) is 16.2. The van der Waals surface area contributed by atoms with Crippen molar-refractivity contribution in [2.45, 2.75) is 19.4 Å². The minimum Gasteiger partial charge on any atom is -0.350 e. The van der Waals surface area contributed by atoms with E-state index in [2.05, 4.69) is 27.3 Å². The lowest BCUT2D eigenvalue weighted by Gasteiger charge is -2.13. The van der Waals surface area contributed by atoms with Gasteiger partial charge in [0.1, 0.15) is 5.69 Å². The first-order valence-electron chi connectivity index (χ1n) is 8.11. The number of hydrogen-bond donors (Lipinski definition) is 1. The summed E-state index contributed by atoms with van der Waals surface area (Å²) in [6, 6.07) is 12.2. The van der Waals surface area contributed by atoms with Gasteiger partial charge in [0.2, 0.25) is 0 Å². The predicted octanol–water partition coefficient (Wildman–Crippen LogP) is 2.95. The lowest BCUT2D eigenvalue weighted by atomic mass is 10.0. The second kappa shape index (κ2) is 6.92. The molecule has 4 nitrogen and oxygen atoms in total. The second-order valence-electron chi connectivity index (χ2n) is 6.49. The summed E-state index contributed by atoms with van der Waals surface area (Å²) in [6.45, 7) is 1.63. The molecule has 1 aliphatic rings. The number of aromatic nitrogens is 1. The molecule has 1 heterocycles. The maximum atomic E-state index is 12.5. The Morgan fingerprint density at radius 2 is 2.09 bits per heavy atom. The van der Waals surface area contributed by atoms with Crippen molar-refractivity contribution in [3.63, 3.8) is 0 Å². The van der Waals surface area contributed by atoms with Crippen LogP contribution in [-0.2, 0) is 6.54 Å². The quantitative estimate of drug-likeness (QED) is 0.892. The Kier molecular flexibility index (Phi) is 4.72. The molecule has 0 spiro atoms. The van der Waals surface area contributed by atoms with Gasteiger partial charge in [0, 0.05) is 24.8 Å². The molecule has 0 aliphatic heterocycles. The molecule has 0 atom stereocenters. The standard InChI is InChI=1S/C19H23N3O/c1-22(2)13-15-5-3-6-16(11-15)17-7-4-10-20-18(17)19(23)21-12-14-8-9-14/h3-7,10-11,14H,8-9,12-13H2,1-2H3,(H,21,23). The van der Waals surface area contributed by atoms with Gasteiger partial charge in [0.05, 0.1) is 0 Å². The minimum absolute atomic E-state index is 0.0782. The highest BCUT2D eigenvalue weighted by Gasteiger charge is 2.23. The predicted molar refractivity (Wildman–Crippen MR) is 92.1 cm³/mol. The number of nitrogens with one attached hydrogen (secondary N) is 1. The minimum atomic E-state index is -0.0782. The van der Waals surface area contributed by atoms with E-state index >= 15 is 0 Å². The summed E-state index contributed by atoms with van der Waals surface area (Å²) in [5, 5.41) is 3.01. The molecule has 1 amide bonds. The van der Waals surface area contributed by atoms with Gasteiger partial charge in [-0.05, 0) is 56.1 Å². The highest BCUT2D eigenvalue weighted by atomic mass is 16.1. The van der Waals surface area contributed by atoms with Gasteiger partial charge in [-0.15, -0.1) is 0 Å². The smallest absolute Gasteiger partial charge is 0.270 e. The van der Waals surface area contributed by atoms with Crippen LogP contribution in [0, 0.1) is 5.92 Å². The van der Waals surface area contributed by atoms with Crippen molar-refractivity contribution in [1.82, 2.24) is 15.2 Å². The van der Waals surface area contributed by atoms with E-state index in [1.807, 2.05) is 38.4 Å². The summed E-state index contributed by atoms with van der Waals surface area (Å²) >= 11 is 0. The maximum Gasteiger partial charge on any atom is 0.270 e. The molecule has 1 aliphatic carbocycles. The van der Waals surface area contributed by atoms with Gasteiger partial charge < -0.3 is 10.2 Å². The topological polar surface area (TPSA) is 45.2 Å². The first-order valence-corrected chi connectivity index (χ1v) is 8.11. The number of benzene rings is 1. The Morgan fingerprint density at radius 3 is 2.83 bits per heavy atom. The third-order valence-electron chi connectivity index (χ3n) is 4.01. The van der Waals surface area contributed by atoms with Gasteiger partial charge in [-0.1, -0.05) is 24.3 Å². The summed E-state index contributed by atoms with van der Waals surface area (Å²) < 4.78 is 0. The summed E-state index contributed by atoms with van der Waals surface area (Å²) in [7, 11) is 4.10. The van der Waals surface area contributed by atoms with E-state index in [1.165, 1.54) is 18.4 Å². The Morgan fingerprint density at radius 1 is 1.26 bits per heavy atom. The van der Waals surface area contributed by atoms with E-state index in [-0.39, 0.29) is 5.91 Å². The van der Waals surface area contributed by atoms with Crippen LogP contribution in [0.2, 0.25) is 0 Å². The zero-order valence-corrected chi connectivity index (χ0v) is 13.7. The van der Waals surface area contributed by atoms with Crippen molar-refractivity contribution in [3.8, 4) is 11.1 Å². The van der Waals surface area contributed by atoms with Crippen LogP contribution in [0.1, 0.15) is 28.9 Å².